The first kappa shape index (κ1) is 15.0. The third-order valence-corrected chi connectivity index (χ3v) is 8.18. The van der Waals surface area contributed by atoms with Crippen LogP contribution in [0.15, 0.2) is 18.5 Å². The molecule has 0 aromatic rings. The fraction of sp³-hybridized carbons (Fsp3) is 0.692. The molecule has 0 spiro atoms. The lowest BCUT2D eigenvalue weighted by atomic mass is 10.2. The van der Waals surface area contributed by atoms with Crippen molar-refractivity contribution in [2.75, 3.05) is 13.2 Å². The summed E-state index contributed by atoms with van der Waals surface area (Å²) in [7, 11) is -1.79. The molecule has 1 amide bonds. The predicted molar refractivity (Wildman–Crippen MR) is 73.8 cm³/mol. The zero-order valence-electron chi connectivity index (χ0n) is 11.9. The van der Waals surface area contributed by atoms with Crippen LogP contribution in [0.5, 0.6) is 0 Å². The van der Waals surface area contributed by atoms with Crippen molar-refractivity contribution in [3.63, 3.8) is 0 Å². The van der Waals surface area contributed by atoms with Gasteiger partial charge in [-0.05, 0) is 18.1 Å². The van der Waals surface area contributed by atoms with Gasteiger partial charge in [0.05, 0.1) is 18.8 Å². The van der Waals surface area contributed by atoms with E-state index in [1.54, 1.807) is 0 Å². The SMILES string of the molecule is C=C=CN1C(=O)OCC1CO[Si](C)(C)C(C)(C)C. The van der Waals surface area contributed by atoms with Crippen molar-refractivity contribution >= 4 is 14.4 Å². The summed E-state index contributed by atoms with van der Waals surface area (Å²) < 4.78 is 11.1. The van der Waals surface area contributed by atoms with Crippen LogP contribution in [-0.4, -0.2) is 38.6 Å². The van der Waals surface area contributed by atoms with Gasteiger partial charge in [0.2, 0.25) is 0 Å². The number of ether oxygens (including phenoxy) is 1. The molecule has 1 atom stereocenters. The molecular formula is C13H23NO3Si. The first-order chi connectivity index (χ1) is 8.19. The van der Waals surface area contributed by atoms with Gasteiger partial charge >= 0.3 is 6.09 Å². The highest BCUT2D eigenvalue weighted by atomic mass is 28.4. The summed E-state index contributed by atoms with van der Waals surface area (Å²) in [5, 5.41) is 0.162. The van der Waals surface area contributed by atoms with Gasteiger partial charge in [-0.2, -0.15) is 0 Å². The average Bonchev–Trinajstić information content (AvgIpc) is 2.57. The molecule has 0 bridgehead atoms. The van der Waals surface area contributed by atoms with Gasteiger partial charge in [0.25, 0.3) is 0 Å². The van der Waals surface area contributed by atoms with Gasteiger partial charge in [0.15, 0.2) is 8.32 Å². The fourth-order valence-corrected chi connectivity index (χ4v) is 2.42. The molecule has 4 nitrogen and oxygen atoms in total. The Balaban J connectivity index is 2.64. The number of cyclic esters (lactones) is 1. The monoisotopic (exact) mass is 269 g/mol. The zero-order chi connectivity index (χ0) is 14.0. The molecule has 1 saturated heterocycles. The number of carbonyl (C=O) groups excluding carboxylic acids is 1. The highest BCUT2D eigenvalue weighted by Gasteiger charge is 2.39. The number of hydrogen-bond donors (Lipinski definition) is 0. The molecule has 1 aliphatic rings. The number of nitrogens with zero attached hydrogens (tertiary/aromatic N) is 1. The Hall–Kier alpha value is -1.03. The van der Waals surface area contributed by atoms with Crippen molar-refractivity contribution in [3.05, 3.63) is 18.5 Å². The molecule has 0 aromatic carbocycles. The van der Waals surface area contributed by atoms with Gasteiger partial charge in [0, 0.05) is 0 Å². The van der Waals surface area contributed by atoms with Crippen molar-refractivity contribution in [1.29, 1.82) is 0 Å². The zero-order valence-corrected chi connectivity index (χ0v) is 12.9. The van der Waals surface area contributed by atoms with Crippen molar-refractivity contribution in [2.45, 2.75) is 44.9 Å². The molecular weight excluding hydrogens is 246 g/mol. The van der Waals surface area contributed by atoms with E-state index in [4.69, 9.17) is 9.16 Å². The highest BCUT2D eigenvalue weighted by molar-refractivity contribution is 6.74. The van der Waals surface area contributed by atoms with E-state index in [-0.39, 0.29) is 17.2 Å². The van der Waals surface area contributed by atoms with Crippen LogP contribution in [0.1, 0.15) is 20.8 Å². The molecule has 5 heteroatoms. The lowest BCUT2D eigenvalue weighted by molar-refractivity contribution is 0.166. The number of amides is 1. The van der Waals surface area contributed by atoms with Crippen molar-refractivity contribution in [3.8, 4) is 0 Å². The molecule has 1 fully saturated rings. The van der Waals surface area contributed by atoms with Crippen LogP contribution in [0.25, 0.3) is 0 Å². The van der Waals surface area contributed by atoms with Gasteiger partial charge in [-0.3, -0.25) is 4.90 Å². The highest BCUT2D eigenvalue weighted by Crippen LogP contribution is 2.36. The standard InChI is InChI=1S/C13H23NO3Si/c1-7-8-14-11(9-16-12(14)15)10-17-18(5,6)13(2,3)4/h8,11H,1,9-10H2,2-6H3. The maximum Gasteiger partial charge on any atom is 0.414 e. The molecule has 1 unspecified atom stereocenters. The summed E-state index contributed by atoms with van der Waals surface area (Å²) in [6.45, 7) is 15.3. The molecule has 1 aliphatic heterocycles. The maximum atomic E-state index is 11.5. The Kier molecular flexibility index (Phi) is 4.43. The normalized spacial score (nSPS) is 20.6. The van der Waals surface area contributed by atoms with Crippen molar-refractivity contribution < 1.29 is 14.0 Å². The van der Waals surface area contributed by atoms with E-state index < -0.39 is 8.32 Å². The Morgan fingerprint density at radius 2 is 2.22 bits per heavy atom. The number of carbonyl (C=O) groups is 1. The summed E-state index contributed by atoms with van der Waals surface area (Å²) in [5.74, 6) is 0. The molecule has 0 N–H and O–H groups in total. The van der Waals surface area contributed by atoms with Crippen LogP contribution < -0.4 is 0 Å². The summed E-state index contributed by atoms with van der Waals surface area (Å²) >= 11 is 0. The number of rotatable bonds is 4. The van der Waals surface area contributed by atoms with E-state index in [0.717, 1.165) is 0 Å². The Morgan fingerprint density at radius 3 is 2.72 bits per heavy atom. The topological polar surface area (TPSA) is 38.8 Å². The first-order valence-corrected chi connectivity index (χ1v) is 9.05. The Labute approximate surface area is 110 Å². The second-order valence-corrected chi connectivity index (χ2v) is 10.9. The maximum absolute atomic E-state index is 11.5. The Bertz CT molecular complexity index is 367. The minimum absolute atomic E-state index is 0.0686. The molecule has 0 radical (unpaired) electrons. The van der Waals surface area contributed by atoms with E-state index in [0.29, 0.717) is 13.2 Å². The van der Waals surface area contributed by atoms with E-state index in [1.807, 2.05) is 0 Å². The molecule has 0 saturated carbocycles. The first-order valence-electron chi connectivity index (χ1n) is 6.14. The Morgan fingerprint density at radius 1 is 1.61 bits per heavy atom. The van der Waals surface area contributed by atoms with Crippen LogP contribution >= 0.6 is 0 Å². The summed E-state index contributed by atoms with van der Waals surface area (Å²) in [5.41, 5.74) is 2.60. The third kappa shape index (κ3) is 3.25. The summed E-state index contributed by atoms with van der Waals surface area (Å²) in [6.07, 6.45) is 1.17. The quantitative estimate of drug-likeness (QED) is 0.581. The second-order valence-electron chi connectivity index (χ2n) is 6.04. The predicted octanol–water partition coefficient (Wildman–Crippen LogP) is 3.13. The lowest BCUT2D eigenvalue weighted by Crippen LogP contribution is -2.44. The van der Waals surface area contributed by atoms with Crippen LogP contribution in [0.4, 0.5) is 4.79 Å². The third-order valence-electron chi connectivity index (χ3n) is 3.68. The average molecular weight is 269 g/mol. The van der Waals surface area contributed by atoms with E-state index in [2.05, 4.69) is 46.2 Å². The van der Waals surface area contributed by atoms with Crippen molar-refractivity contribution in [1.82, 2.24) is 4.90 Å². The van der Waals surface area contributed by atoms with Gasteiger partial charge in [-0.1, -0.05) is 27.4 Å². The van der Waals surface area contributed by atoms with Gasteiger partial charge in [0.1, 0.15) is 6.61 Å². The van der Waals surface area contributed by atoms with Crippen LogP contribution in [0.3, 0.4) is 0 Å². The lowest BCUT2D eigenvalue weighted by Gasteiger charge is -2.37. The van der Waals surface area contributed by atoms with Crippen molar-refractivity contribution in [2.24, 2.45) is 0 Å². The molecule has 18 heavy (non-hydrogen) atoms. The minimum Gasteiger partial charge on any atom is -0.447 e. The smallest absolute Gasteiger partial charge is 0.414 e. The largest absolute Gasteiger partial charge is 0.447 e. The van der Waals surface area contributed by atoms with E-state index in [1.165, 1.54) is 11.1 Å². The van der Waals surface area contributed by atoms with Gasteiger partial charge in [-0.25, -0.2) is 4.79 Å². The van der Waals surface area contributed by atoms with Crippen LogP contribution in [0, 0.1) is 0 Å². The molecule has 1 rings (SSSR count). The van der Waals surface area contributed by atoms with Gasteiger partial charge in [-0.15, -0.1) is 5.73 Å². The second kappa shape index (κ2) is 5.30. The summed E-state index contributed by atoms with van der Waals surface area (Å²) in [6, 6.07) is -0.0686. The molecule has 0 aromatic heterocycles. The van der Waals surface area contributed by atoms with Crippen LogP contribution in [-0.2, 0) is 9.16 Å². The van der Waals surface area contributed by atoms with E-state index >= 15 is 0 Å². The number of hydrogen-bond acceptors (Lipinski definition) is 3. The molecule has 102 valence electrons. The molecule has 1 heterocycles. The minimum atomic E-state index is -1.79. The van der Waals surface area contributed by atoms with Gasteiger partial charge < -0.3 is 9.16 Å². The molecule has 0 aliphatic carbocycles. The van der Waals surface area contributed by atoms with Crippen LogP contribution in [0.2, 0.25) is 18.1 Å². The summed E-state index contributed by atoms with van der Waals surface area (Å²) in [4.78, 5) is 13.0. The fourth-order valence-electron chi connectivity index (χ4n) is 1.38. The van der Waals surface area contributed by atoms with E-state index in [9.17, 15) is 4.79 Å².